The average Bonchev–Trinajstić information content (AvgIpc) is 2.65. The average molecular weight is 383 g/mol. The molecule has 138 valence electrons. The topological polar surface area (TPSA) is 145 Å². The molecule has 27 heavy (non-hydrogen) atoms. The molecule has 0 bridgehead atoms. The highest BCUT2D eigenvalue weighted by Gasteiger charge is 2.20. The second kappa shape index (κ2) is 9.32. The van der Waals surface area contributed by atoms with Crippen LogP contribution in [0.1, 0.15) is 18.1 Å². The normalized spacial score (nSPS) is 9.89. The Morgan fingerprint density at radius 2 is 1.96 bits per heavy atom. The quantitative estimate of drug-likeness (QED) is 0.510. The number of aromatic nitrogens is 1. The number of hydrogen-bond donors (Lipinski definition) is 3. The van der Waals surface area contributed by atoms with E-state index in [1.165, 1.54) is 23.9 Å². The summed E-state index contributed by atoms with van der Waals surface area (Å²) in [5.74, 6) is 0.513. The van der Waals surface area contributed by atoms with Crippen molar-refractivity contribution in [1.82, 2.24) is 10.3 Å². The molecule has 0 radical (unpaired) electrons. The first-order valence-corrected chi connectivity index (χ1v) is 8.96. The summed E-state index contributed by atoms with van der Waals surface area (Å²) in [6, 6.07) is 10.2. The van der Waals surface area contributed by atoms with Gasteiger partial charge in [0, 0.05) is 17.9 Å². The number of benzene rings is 1. The Labute approximate surface area is 160 Å². The van der Waals surface area contributed by atoms with Gasteiger partial charge in [0.15, 0.2) is 0 Å². The van der Waals surface area contributed by atoms with Crippen LogP contribution in [0.4, 0.5) is 10.6 Å². The summed E-state index contributed by atoms with van der Waals surface area (Å²) >= 11 is 1.23. The van der Waals surface area contributed by atoms with Crippen LogP contribution in [0.5, 0.6) is 5.75 Å². The Balaban J connectivity index is 2.34. The van der Waals surface area contributed by atoms with E-state index < -0.39 is 6.09 Å². The summed E-state index contributed by atoms with van der Waals surface area (Å²) in [7, 11) is 0. The van der Waals surface area contributed by atoms with E-state index >= 15 is 0 Å². The first-order valence-electron chi connectivity index (χ1n) is 7.98. The smallest absolute Gasteiger partial charge is 0.407 e. The Kier molecular flexibility index (Phi) is 6.86. The van der Waals surface area contributed by atoms with Gasteiger partial charge in [-0.05, 0) is 24.6 Å². The maximum absolute atomic E-state index is 11.3. The zero-order valence-electron chi connectivity index (χ0n) is 14.5. The lowest BCUT2D eigenvalue weighted by Crippen LogP contribution is -2.26. The summed E-state index contributed by atoms with van der Waals surface area (Å²) in [5.41, 5.74) is 7.18. The van der Waals surface area contributed by atoms with Crippen molar-refractivity contribution in [1.29, 1.82) is 10.5 Å². The number of phenols is 1. The maximum atomic E-state index is 11.3. The number of nitrogen functional groups attached to an aromatic ring is 1. The summed E-state index contributed by atoms with van der Waals surface area (Å²) in [5, 5.41) is 31.5. The molecule has 1 amide bonds. The van der Waals surface area contributed by atoms with E-state index in [4.69, 9.17) is 10.5 Å². The summed E-state index contributed by atoms with van der Waals surface area (Å²) in [6.07, 6.45) is -0.518. The van der Waals surface area contributed by atoms with Crippen LogP contribution in [0, 0.1) is 22.7 Å². The third kappa shape index (κ3) is 4.81. The van der Waals surface area contributed by atoms with Gasteiger partial charge in [-0.3, -0.25) is 0 Å². The Hall–Kier alpha value is -3.43. The molecular formula is C18H17N5O3S. The second-order valence-corrected chi connectivity index (χ2v) is 6.28. The van der Waals surface area contributed by atoms with Crippen LogP contribution in [-0.4, -0.2) is 35.1 Å². The molecule has 1 aromatic heterocycles. The van der Waals surface area contributed by atoms with Gasteiger partial charge >= 0.3 is 6.09 Å². The maximum Gasteiger partial charge on any atom is 0.407 e. The number of nitrogens with zero attached hydrogens (tertiary/aromatic N) is 3. The predicted octanol–water partition coefficient (Wildman–Crippen LogP) is 2.62. The third-order valence-corrected chi connectivity index (χ3v) is 4.43. The van der Waals surface area contributed by atoms with Crippen molar-refractivity contribution < 1.29 is 14.6 Å². The minimum atomic E-state index is -0.518. The summed E-state index contributed by atoms with van der Waals surface area (Å²) in [6.45, 7) is 2.30. The van der Waals surface area contributed by atoms with Gasteiger partial charge < -0.3 is 20.9 Å². The van der Waals surface area contributed by atoms with Crippen LogP contribution in [0.15, 0.2) is 29.3 Å². The number of rotatable bonds is 6. The van der Waals surface area contributed by atoms with Gasteiger partial charge in [0.1, 0.15) is 34.3 Å². The van der Waals surface area contributed by atoms with Crippen molar-refractivity contribution in [2.24, 2.45) is 0 Å². The van der Waals surface area contributed by atoms with E-state index in [-0.39, 0.29) is 29.3 Å². The van der Waals surface area contributed by atoms with Crippen molar-refractivity contribution in [2.45, 2.75) is 11.9 Å². The molecule has 0 saturated carbocycles. The number of carbonyl (C=O) groups excluding carboxylic acids is 1. The molecule has 4 N–H and O–H groups in total. The van der Waals surface area contributed by atoms with Gasteiger partial charge in [0.25, 0.3) is 0 Å². The molecule has 0 aliphatic rings. The Bertz CT molecular complexity index is 917. The van der Waals surface area contributed by atoms with E-state index in [9.17, 15) is 20.4 Å². The minimum Gasteiger partial charge on any atom is -0.508 e. The largest absolute Gasteiger partial charge is 0.508 e. The number of ether oxygens (including phenoxy) is 1. The van der Waals surface area contributed by atoms with Crippen LogP contribution < -0.4 is 11.1 Å². The number of thioether (sulfide) groups is 1. The number of aromatic hydroxyl groups is 1. The monoisotopic (exact) mass is 383 g/mol. The molecule has 0 saturated heterocycles. The van der Waals surface area contributed by atoms with E-state index in [1.54, 1.807) is 19.1 Å². The minimum absolute atomic E-state index is 0.0143. The van der Waals surface area contributed by atoms with E-state index in [0.29, 0.717) is 28.5 Å². The van der Waals surface area contributed by atoms with Gasteiger partial charge in [-0.2, -0.15) is 10.5 Å². The summed E-state index contributed by atoms with van der Waals surface area (Å²) < 4.78 is 4.77. The first kappa shape index (κ1) is 19.9. The van der Waals surface area contributed by atoms with Gasteiger partial charge in [0.2, 0.25) is 0 Å². The molecule has 0 fully saturated rings. The predicted molar refractivity (Wildman–Crippen MR) is 101 cm³/mol. The number of nitriles is 2. The molecule has 8 nitrogen and oxygen atoms in total. The fourth-order valence-corrected chi connectivity index (χ4v) is 3.15. The number of nitrogens with two attached hydrogens (primary N) is 1. The molecule has 0 atom stereocenters. The summed E-state index contributed by atoms with van der Waals surface area (Å²) in [4.78, 5) is 15.5. The molecule has 0 aliphatic heterocycles. The zero-order valence-corrected chi connectivity index (χ0v) is 15.3. The fraction of sp³-hybridized carbons (Fsp3) is 0.222. The number of anilines is 1. The lowest BCUT2D eigenvalue weighted by atomic mass is 9.97. The van der Waals surface area contributed by atoms with Gasteiger partial charge in [-0.25, -0.2) is 9.78 Å². The van der Waals surface area contributed by atoms with Crippen LogP contribution in [-0.2, 0) is 4.74 Å². The number of carbonyl (C=O) groups is 1. The van der Waals surface area contributed by atoms with Crippen molar-refractivity contribution in [3.63, 3.8) is 0 Å². The molecular weight excluding hydrogens is 366 g/mol. The van der Waals surface area contributed by atoms with Crippen molar-refractivity contribution in [2.75, 3.05) is 24.6 Å². The number of nitrogens with one attached hydrogen (secondary N) is 1. The number of alkyl carbamates (subject to hydrolysis) is 1. The van der Waals surface area contributed by atoms with E-state index in [1.807, 2.05) is 6.07 Å². The SMILES string of the molecule is CCOC(=O)NCCSc1nc(N)c(C#N)c(-c2ccc(O)cc2)c1C#N. The second-order valence-electron chi connectivity index (χ2n) is 5.19. The van der Waals surface area contributed by atoms with Gasteiger partial charge in [-0.15, -0.1) is 11.8 Å². The highest BCUT2D eigenvalue weighted by atomic mass is 32.2. The zero-order chi connectivity index (χ0) is 19.8. The van der Waals surface area contributed by atoms with Gasteiger partial charge in [0.05, 0.1) is 12.2 Å². The molecule has 2 rings (SSSR count). The molecule has 1 aromatic carbocycles. The highest BCUT2D eigenvalue weighted by Crippen LogP contribution is 2.35. The Morgan fingerprint density at radius 3 is 2.56 bits per heavy atom. The number of phenolic OH excluding ortho intramolecular Hbond substituents is 1. The molecule has 1 heterocycles. The molecule has 0 spiro atoms. The first-order chi connectivity index (χ1) is 13.0. The number of hydrogen-bond acceptors (Lipinski definition) is 8. The van der Waals surface area contributed by atoms with E-state index in [2.05, 4.69) is 16.4 Å². The molecule has 2 aromatic rings. The van der Waals surface area contributed by atoms with Crippen LogP contribution >= 0.6 is 11.8 Å². The molecule has 0 unspecified atom stereocenters. The van der Waals surface area contributed by atoms with Crippen LogP contribution in [0.2, 0.25) is 0 Å². The van der Waals surface area contributed by atoms with Crippen LogP contribution in [0.25, 0.3) is 11.1 Å². The number of pyridine rings is 1. The lowest BCUT2D eigenvalue weighted by molar-refractivity contribution is 0.153. The standard InChI is InChI=1S/C18H17N5O3S/c1-2-26-18(25)22-7-8-27-17-14(10-20)15(13(9-19)16(21)23-17)11-3-5-12(24)6-4-11/h3-6,24H,2,7-8H2,1H3,(H2,21,23)(H,22,25). The van der Waals surface area contributed by atoms with E-state index in [0.717, 1.165) is 0 Å². The van der Waals surface area contributed by atoms with Crippen molar-refractivity contribution in [3.8, 4) is 29.0 Å². The molecule has 0 aliphatic carbocycles. The van der Waals surface area contributed by atoms with Crippen molar-refractivity contribution >= 4 is 23.7 Å². The third-order valence-electron chi connectivity index (χ3n) is 3.46. The fourth-order valence-electron chi connectivity index (χ4n) is 2.30. The van der Waals surface area contributed by atoms with Crippen molar-refractivity contribution in [3.05, 3.63) is 35.4 Å². The lowest BCUT2D eigenvalue weighted by Gasteiger charge is -2.13. The van der Waals surface area contributed by atoms with Crippen LogP contribution in [0.3, 0.4) is 0 Å². The number of amides is 1. The Morgan fingerprint density at radius 1 is 1.30 bits per heavy atom. The van der Waals surface area contributed by atoms with Gasteiger partial charge in [-0.1, -0.05) is 12.1 Å². The highest BCUT2D eigenvalue weighted by molar-refractivity contribution is 7.99. The molecule has 9 heteroatoms.